The Bertz CT molecular complexity index is 732. The van der Waals surface area contributed by atoms with Crippen molar-refractivity contribution in [3.8, 4) is 0 Å². The SMILES string of the molecule is Cc1[nH]c(=O)n(C)c(=O)c1CCC(=O)Nc1nncs1. The molecule has 1 amide bonds. The number of anilines is 1. The predicted molar refractivity (Wildman–Crippen MR) is 73.9 cm³/mol. The monoisotopic (exact) mass is 295 g/mol. The standard InChI is InChI=1S/C11H13N5O3S/c1-6-7(9(18)16(2)11(19)13-6)3-4-8(17)14-10-15-12-5-20-10/h5H,3-4H2,1-2H3,(H,13,19)(H,14,15,17). The van der Waals surface area contributed by atoms with E-state index in [9.17, 15) is 14.4 Å². The molecule has 0 bridgehead atoms. The lowest BCUT2D eigenvalue weighted by Gasteiger charge is -2.06. The van der Waals surface area contributed by atoms with Crippen LogP contribution >= 0.6 is 11.3 Å². The number of aromatic nitrogens is 4. The molecular weight excluding hydrogens is 282 g/mol. The summed E-state index contributed by atoms with van der Waals surface area (Å²) in [6.45, 7) is 1.64. The highest BCUT2D eigenvalue weighted by Gasteiger charge is 2.12. The Morgan fingerprint density at radius 1 is 1.50 bits per heavy atom. The highest BCUT2D eigenvalue weighted by molar-refractivity contribution is 7.13. The first-order chi connectivity index (χ1) is 9.49. The maximum atomic E-state index is 11.9. The Hall–Kier alpha value is -2.29. The molecule has 0 fully saturated rings. The van der Waals surface area contributed by atoms with Crippen LogP contribution in [0.25, 0.3) is 0 Å². The molecule has 20 heavy (non-hydrogen) atoms. The van der Waals surface area contributed by atoms with E-state index in [2.05, 4.69) is 20.5 Å². The van der Waals surface area contributed by atoms with Crippen molar-refractivity contribution < 1.29 is 4.79 Å². The van der Waals surface area contributed by atoms with Crippen molar-refractivity contribution in [3.63, 3.8) is 0 Å². The van der Waals surface area contributed by atoms with E-state index in [1.165, 1.54) is 23.9 Å². The number of nitrogens with zero attached hydrogens (tertiary/aromatic N) is 3. The van der Waals surface area contributed by atoms with Gasteiger partial charge >= 0.3 is 5.69 Å². The van der Waals surface area contributed by atoms with Crippen LogP contribution in [0.5, 0.6) is 0 Å². The molecule has 106 valence electrons. The Labute approximate surface area is 117 Å². The average Bonchev–Trinajstić information content (AvgIpc) is 2.88. The first kappa shape index (κ1) is 14.1. The molecule has 2 rings (SSSR count). The summed E-state index contributed by atoms with van der Waals surface area (Å²) in [5.74, 6) is -0.255. The molecule has 0 atom stereocenters. The topological polar surface area (TPSA) is 110 Å². The fourth-order valence-electron chi connectivity index (χ4n) is 1.72. The first-order valence-electron chi connectivity index (χ1n) is 5.84. The molecule has 0 spiro atoms. The van der Waals surface area contributed by atoms with E-state index in [0.29, 0.717) is 16.4 Å². The van der Waals surface area contributed by atoms with Crippen LogP contribution in [0.3, 0.4) is 0 Å². The first-order valence-corrected chi connectivity index (χ1v) is 6.72. The van der Waals surface area contributed by atoms with E-state index in [1.807, 2.05) is 0 Å². The third-order valence-corrected chi connectivity index (χ3v) is 3.43. The van der Waals surface area contributed by atoms with Gasteiger partial charge in [-0.3, -0.25) is 14.2 Å². The molecule has 0 saturated carbocycles. The Morgan fingerprint density at radius 3 is 2.90 bits per heavy atom. The number of aryl methyl sites for hydroxylation is 1. The van der Waals surface area contributed by atoms with Gasteiger partial charge in [-0.2, -0.15) is 0 Å². The van der Waals surface area contributed by atoms with Crippen molar-refractivity contribution >= 4 is 22.4 Å². The van der Waals surface area contributed by atoms with Gasteiger partial charge in [0.05, 0.1) is 0 Å². The smallest absolute Gasteiger partial charge is 0.311 e. The molecule has 2 aromatic heterocycles. The molecule has 0 unspecified atom stereocenters. The number of nitrogens with one attached hydrogen (secondary N) is 2. The number of carbonyl (C=O) groups excluding carboxylic acids is 1. The van der Waals surface area contributed by atoms with Crippen molar-refractivity contribution in [1.82, 2.24) is 19.7 Å². The van der Waals surface area contributed by atoms with E-state index < -0.39 is 5.69 Å². The Balaban J connectivity index is 2.08. The molecule has 9 heteroatoms. The van der Waals surface area contributed by atoms with E-state index in [1.54, 1.807) is 6.92 Å². The molecule has 2 heterocycles. The summed E-state index contributed by atoms with van der Waals surface area (Å²) in [5, 5.41) is 10.3. The predicted octanol–water partition coefficient (Wildman–Crippen LogP) is -0.195. The number of carbonyl (C=O) groups is 1. The van der Waals surface area contributed by atoms with Crippen LogP contribution in [0.1, 0.15) is 17.7 Å². The summed E-state index contributed by atoms with van der Waals surface area (Å²) in [7, 11) is 1.39. The van der Waals surface area contributed by atoms with Crippen molar-refractivity contribution in [3.05, 3.63) is 37.6 Å². The van der Waals surface area contributed by atoms with Crippen molar-refractivity contribution in [1.29, 1.82) is 0 Å². The normalized spacial score (nSPS) is 10.5. The minimum atomic E-state index is -0.463. The van der Waals surface area contributed by atoms with Gasteiger partial charge in [0, 0.05) is 24.7 Å². The van der Waals surface area contributed by atoms with Gasteiger partial charge in [0.25, 0.3) is 5.56 Å². The van der Waals surface area contributed by atoms with Gasteiger partial charge in [0.1, 0.15) is 5.51 Å². The van der Waals surface area contributed by atoms with Crippen LogP contribution in [-0.2, 0) is 18.3 Å². The van der Waals surface area contributed by atoms with E-state index >= 15 is 0 Å². The zero-order valence-electron chi connectivity index (χ0n) is 11.0. The molecule has 2 N–H and O–H groups in total. The second-order valence-corrected chi connectivity index (χ2v) is 5.02. The van der Waals surface area contributed by atoms with Gasteiger partial charge in [-0.25, -0.2) is 4.79 Å². The largest absolute Gasteiger partial charge is 0.328 e. The fourth-order valence-corrected chi connectivity index (χ4v) is 2.18. The minimum Gasteiger partial charge on any atom is -0.311 e. The van der Waals surface area contributed by atoms with Gasteiger partial charge in [0.15, 0.2) is 0 Å². The molecule has 0 aliphatic carbocycles. The highest BCUT2D eigenvalue weighted by atomic mass is 32.1. The van der Waals surface area contributed by atoms with E-state index in [0.717, 1.165) is 4.57 Å². The molecule has 2 aromatic rings. The summed E-state index contributed by atoms with van der Waals surface area (Å²) in [5.41, 5.74) is 1.59. The highest BCUT2D eigenvalue weighted by Crippen LogP contribution is 2.09. The quantitative estimate of drug-likeness (QED) is 0.812. The van der Waals surface area contributed by atoms with Crippen molar-refractivity contribution in [2.24, 2.45) is 7.05 Å². The van der Waals surface area contributed by atoms with Gasteiger partial charge in [0.2, 0.25) is 11.0 Å². The molecule has 0 aromatic carbocycles. The third-order valence-electron chi connectivity index (χ3n) is 2.82. The number of hydrogen-bond acceptors (Lipinski definition) is 6. The average molecular weight is 295 g/mol. The number of rotatable bonds is 4. The third kappa shape index (κ3) is 2.99. The van der Waals surface area contributed by atoms with Crippen LogP contribution in [-0.4, -0.2) is 25.7 Å². The zero-order chi connectivity index (χ0) is 14.7. The number of H-pyrrole nitrogens is 1. The Kier molecular flexibility index (Phi) is 4.08. The van der Waals surface area contributed by atoms with Gasteiger partial charge in [-0.1, -0.05) is 11.3 Å². The maximum Gasteiger partial charge on any atom is 0.328 e. The maximum absolute atomic E-state index is 11.9. The van der Waals surface area contributed by atoms with Crippen molar-refractivity contribution in [2.75, 3.05) is 5.32 Å². The Morgan fingerprint density at radius 2 is 2.25 bits per heavy atom. The molecule has 0 aliphatic heterocycles. The van der Waals surface area contributed by atoms with Crippen LogP contribution in [0.2, 0.25) is 0 Å². The minimum absolute atomic E-state index is 0.127. The summed E-state index contributed by atoms with van der Waals surface area (Å²) in [6, 6.07) is 0. The zero-order valence-corrected chi connectivity index (χ0v) is 11.8. The van der Waals surface area contributed by atoms with Crippen LogP contribution in [0.4, 0.5) is 5.13 Å². The number of aromatic amines is 1. The lowest BCUT2D eigenvalue weighted by molar-refractivity contribution is -0.116. The summed E-state index contributed by atoms with van der Waals surface area (Å²) in [4.78, 5) is 37.6. The molecule has 0 aliphatic rings. The second-order valence-electron chi connectivity index (χ2n) is 4.19. The lowest BCUT2D eigenvalue weighted by Crippen LogP contribution is -2.36. The lowest BCUT2D eigenvalue weighted by atomic mass is 10.1. The molecular formula is C11H13N5O3S. The summed E-state index contributed by atoms with van der Waals surface area (Å²) < 4.78 is 0.991. The van der Waals surface area contributed by atoms with Crippen LogP contribution in [0.15, 0.2) is 15.1 Å². The van der Waals surface area contributed by atoms with Gasteiger partial charge < -0.3 is 10.3 Å². The fraction of sp³-hybridized carbons (Fsp3) is 0.364. The van der Waals surface area contributed by atoms with Crippen LogP contribution < -0.4 is 16.6 Å². The van der Waals surface area contributed by atoms with E-state index in [4.69, 9.17) is 0 Å². The van der Waals surface area contributed by atoms with E-state index in [-0.39, 0.29) is 24.3 Å². The second kappa shape index (κ2) is 5.78. The van der Waals surface area contributed by atoms with Gasteiger partial charge in [-0.15, -0.1) is 10.2 Å². The molecule has 0 saturated heterocycles. The number of hydrogen-bond donors (Lipinski definition) is 2. The molecule has 0 radical (unpaired) electrons. The van der Waals surface area contributed by atoms with Crippen molar-refractivity contribution in [2.45, 2.75) is 19.8 Å². The summed E-state index contributed by atoms with van der Waals surface area (Å²) >= 11 is 1.22. The molecule has 8 nitrogen and oxygen atoms in total. The van der Waals surface area contributed by atoms with Crippen LogP contribution in [0, 0.1) is 6.92 Å². The van der Waals surface area contributed by atoms with Gasteiger partial charge in [-0.05, 0) is 13.3 Å². The summed E-state index contributed by atoms with van der Waals surface area (Å²) in [6.07, 6.45) is 0.377. The number of amides is 1.